The molecular weight excluding hydrogens is 290 g/mol. The van der Waals surface area contributed by atoms with Gasteiger partial charge in [0.05, 0.1) is 5.41 Å². The van der Waals surface area contributed by atoms with Gasteiger partial charge in [-0.1, -0.05) is 6.58 Å². The summed E-state index contributed by atoms with van der Waals surface area (Å²) < 4.78 is 4.82. The summed E-state index contributed by atoms with van der Waals surface area (Å²) in [4.78, 5) is 48.0. The topological polar surface area (TPSA) is 101 Å². The molecule has 1 heterocycles. The number of ketones is 1. The number of carboxylic acid groups (broad SMARTS) is 1. The van der Waals surface area contributed by atoms with Crippen LogP contribution in [0.3, 0.4) is 0 Å². The second-order valence-electron chi connectivity index (χ2n) is 5.87. The predicted octanol–water partition coefficient (Wildman–Crippen LogP) is 0.777. The summed E-state index contributed by atoms with van der Waals surface area (Å²) in [5, 5.41) is 9.16. The van der Waals surface area contributed by atoms with Gasteiger partial charge in [-0.2, -0.15) is 0 Å². The molecule has 7 nitrogen and oxygen atoms in total. The summed E-state index contributed by atoms with van der Waals surface area (Å²) >= 11 is 0. The Hall–Kier alpha value is -2.18. The van der Waals surface area contributed by atoms with Crippen molar-refractivity contribution in [1.29, 1.82) is 0 Å². The van der Waals surface area contributed by atoms with E-state index in [9.17, 15) is 19.2 Å². The molecule has 1 unspecified atom stereocenters. The van der Waals surface area contributed by atoms with Gasteiger partial charge in [-0.25, -0.2) is 9.59 Å². The first-order valence-corrected chi connectivity index (χ1v) is 7.08. The smallest absolute Gasteiger partial charge is 0.330 e. The summed E-state index contributed by atoms with van der Waals surface area (Å²) in [5.74, 6) is -3.41. The summed E-state index contributed by atoms with van der Waals surface area (Å²) in [6.45, 7) is 6.17. The van der Waals surface area contributed by atoms with Gasteiger partial charge in [-0.15, -0.1) is 0 Å². The molecule has 0 radical (unpaired) electrons. The monoisotopic (exact) mass is 311 g/mol. The van der Waals surface area contributed by atoms with Gasteiger partial charge < -0.3 is 14.7 Å². The zero-order valence-electron chi connectivity index (χ0n) is 12.8. The lowest BCUT2D eigenvalue weighted by Crippen LogP contribution is -2.53. The molecule has 1 rings (SSSR count). The first-order valence-electron chi connectivity index (χ1n) is 7.08. The Labute approximate surface area is 128 Å². The Morgan fingerprint density at radius 2 is 1.95 bits per heavy atom. The number of esters is 1. The zero-order valence-corrected chi connectivity index (χ0v) is 12.8. The number of carbonyl (C=O) groups excluding carboxylic acids is 3. The fourth-order valence-corrected chi connectivity index (χ4v) is 2.23. The number of ether oxygens (including phenoxy) is 1. The minimum atomic E-state index is -1.23. The van der Waals surface area contributed by atoms with Gasteiger partial charge in [0.25, 0.3) is 5.91 Å². The van der Waals surface area contributed by atoms with E-state index in [0.29, 0.717) is 19.3 Å². The maximum absolute atomic E-state index is 12.3. The molecule has 1 aliphatic rings. The summed E-state index contributed by atoms with van der Waals surface area (Å²) in [7, 11) is 0. The fourth-order valence-electron chi connectivity index (χ4n) is 2.23. The van der Waals surface area contributed by atoms with Gasteiger partial charge in [0.1, 0.15) is 12.6 Å². The lowest BCUT2D eigenvalue weighted by molar-refractivity contribution is -0.159. The minimum Gasteiger partial charge on any atom is -0.480 e. The van der Waals surface area contributed by atoms with Crippen molar-refractivity contribution in [1.82, 2.24) is 4.90 Å². The van der Waals surface area contributed by atoms with Crippen molar-refractivity contribution in [3.8, 4) is 0 Å². The van der Waals surface area contributed by atoms with Crippen molar-refractivity contribution in [3.05, 3.63) is 12.7 Å². The highest BCUT2D eigenvalue weighted by molar-refractivity contribution is 6.38. The highest BCUT2D eigenvalue weighted by atomic mass is 16.5. The van der Waals surface area contributed by atoms with E-state index < -0.39 is 35.1 Å². The molecule has 0 aromatic heterocycles. The van der Waals surface area contributed by atoms with E-state index in [1.54, 1.807) is 0 Å². The third kappa shape index (κ3) is 4.16. The molecule has 7 heteroatoms. The highest BCUT2D eigenvalue weighted by Crippen LogP contribution is 2.23. The van der Waals surface area contributed by atoms with Crippen LogP contribution in [0.15, 0.2) is 12.7 Å². The number of nitrogens with zero attached hydrogens (tertiary/aromatic N) is 1. The van der Waals surface area contributed by atoms with Crippen LogP contribution in [0.25, 0.3) is 0 Å². The summed E-state index contributed by atoms with van der Waals surface area (Å²) in [5.41, 5.74) is -1.23. The van der Waals surface area contributed by atoms with E-state index in [0.717, 1.165) is 11.0 Å². The van der Waals surface area contributed by atoms with Crippen LogP contribution in [0.2, 0.25) is 0 Å². The van der Waals surface area contributed by atoms with Crippen molar-refractivity contribution in [2.24, 2.45) is 5.41 Å². The second-order valence-corrected chi connectivity index (χ2v) is 5.87. The third-order valence-electron chi connectivity index (χ3n) is 3.60. The second kappa shape index (κ2) is 7.20. The molecule has 1 N–H and O–H groups in total. The van der Waals surface area contributed by atoms with E-state index >= 15 is 0 Å². The molecule has 0 aromatic carbocycles. The first-order chi connectivity index (χ1) is 10.2. The SMILES string of the molecule is C=CC(=O)OCC(C)(C)C(=O)C(=O)N1CCCCC1C(=O)O. The number of hydrogen-bond donors (Lipinski definition) is 1. The number of carbonyl (C=O) groups is 4. The Morgan fingerprint density at radius 1 is 1.32 bits per heavy atom. The van der Waals surface area contributed by atoms with E-state index in [1.165, 1.54) is 13.8 Å². The Bertz CT molecular complexity index is 496. The number of carboxylic acids is 1. The van der Waals surface area contributed by atoms with Crippen LogP contribution in [0.1, 0.15) is 33.1 Å². The Balaban J connectivity index is 2.81. The van der Waals surface area contributed by atoms with Crippen molar-refractivity contribution in [2.75, 3.05) is 13.2 Å². The largest absolute Gasteiger partial charge is 0.480 e. The number of amides is 1. The first kappa shape index (κ1) is 17.9. The van der Waals surface area contributed by atoms with Gasteiger partial charge in [-0.3, -0.25) is 9.59 Å². The Kier molecular flexibility index (Phi) is 5.84. The fraction of sp³-hybridized carbons (Fsp3) is 0.600. The molecule has 1 aliphatic heterocycles. The van der Waals surface area contributed by atoms with Crippen molar-refractivity contribution in [2.45, 2.75) is 39.2 Å². The van der Waals surface area contributed by atoms with E-state index in [-0.39, 0.29) is 13.2 Å². The maximum atomic E-state index is 12.3. The molecule has 0 bridgehead atoms. The van der Waals surface area contributed by atoms with Crippen molar-refractivity contribution >= 4 is 23.6 Å². The molecule has 1 amide bonds. The molecule has 1 atom stereocenters. The number of piperidine rings is 1. The van der Waals surface area contributed by atoms with Gasteiger partial charge in [0.2, 0.25) is 5.78 Å². The average Bonchev–Trinajstić information content (AvgIpc) is 2.51. The number of likely N-dealkylation sites (tertiary alicyclic amines) is 1. The van der Waals surface area contributed by atoms with Gasteiger partial charge in [-0.05, 0) is 33.1 Å². The predicted molar refractivity (Wildman–Crippen MR) is 76.9 cm³/mol. The quantitative estimate of drug-likeness (QED) is 0.442. The highest BCUT2D eigenvalue weighted by Gasteiger charge is 2.41. The third-order valence-corrected chi connectivity index (χ3v) is 3.60. The molecule has 22 heavy (non-hydrogen) atoms. The summed E-state index contributed by atoms with van der Waals surface area (Å²) in [6.07, 6.45) is 2.66. The van der Waals surface area contributed by atoms with Crippen LogP contribution in [-0.2, 0) is 23.9 Å². The van der Waals surface area contributed by atoms with Gasteiger partial charge in [0.15, 0.2) is 0 Å². The van der Waals surface area contributed by atoms with Crippen LogP contribution in [0, 0.1) is 5.41 Å². The lowest BCUT2D eigenvalue weighted by atomic mass is 9.87. The molecule has 0 aromatic rings. The lowest BCUT2D eigenvalue weighted by Gasteiger charge is -2.34. The number of Topliss-reactive ketones (excluding diaryl/α,β-unsaturated/α-hetero) is 1. The van der Waals surface area contributed by atoms with Crippen molar-refractivity contribution < 1.29 is 29.0 Å². The average molecular weight is 311 g/mol. The number of hydrogen-bond acceptors (Lipinski definition) is 5. The van der Waals surface area contributed by atoms with Crippen LogP contribution in [-0.4, -0.2) is 52.8 Å². The summed E-state index contributed by atoms with van der Waals surface area (Å²) in [6, 6.07) is -0.975. The van der Waals surface area contributed by atoms with E-state index in [4.69, 9.17) is 9.84 Å². The van der Waals surface area contributed by atoms with Crippen molar-refractivity contribution in [3.63, 3.8) is 0 Å². The molecule has 0 spiro atoms. The normalized spacial score (nSPS) is 18.5. The molecule has 1 fully saturated rings. The van der Waals surface area contributed by atoms with E-state index in [2.05, 4.69) is 6.58 Å². The zero-order chi connectivity index (χ0) is 16.9. The molecule has 0 saturated carbocycles. The number of aliphatic carboxylic acids is 1. The van der Waals surface area contributed by atoms with Crippen LogP contribution >= 0.6 is 0 Å². The van der Waals surface area contributed by atoms with Gasteiger partial charge >= 0.3 is 11.9 Å². The van der Waals surface area contributed by atoms with Crippen LogP contribution < -0.4 is 0 Å². The molecule has 0 aliphatic carbocycles. The minimum absolute atomic E-state index is 0.240. The molecular formula is C15H21NO6. The Morgan fingerprint density at radius 3 is 2.50 bits per heavy atom. The van der Waals surface area contributed by atoms with Crippen LogP contribution in [0.4, 0.5) is 0 Å². The van der Waals surface area contributed by atoms with Crippen LogP contribution in [0.5, 0.6) is 0 Å². The molecule has 122 valence electrons. The van der Waals surface area contributed by atoms with E-state index in [1.807, 2.05) is 0 Å². The maximum Gasteiger partial charge on any atom is 0.330 e. The molecule has 1 saturated heterocycles. The number of rotatable bonds is 6. The standard InChI is InChI=1S/C15H21NO6/c1-4-11(17)22-9-15(2,3)12(18)13(19)16-8-6-5-7-10(16)14(20)21/h4,10H,1,5-9H2,2-3H3,(H,20,21). The van der Waals surface area contributed by atoms with Gasteiger partial charge in [0, 0.05) is 12.6 Å².